The number of hydrogen-bond donors (Lipinski definition) is 4. The number of fused-ring (bicyclic) bond motifs is 1. The average Bonchev–Trinajstić information content (AvgIpc) is 3.39. The second kappa shape index (κ2) is 9.57. The lowest BCUT2D eigenvalue weighted by atomic mass is 10.0. The number of amides is 2. The zero-order valence-corrected chi connectivity index (χ0v) is 19.9. The first-order valence-corrected chi connectivity index (χ1v) is 12.8. The fourth-order valence-corrected chi connectivity index (χ4v) is 7.10. The molecule has 2 aromatic heterocycles. The number of thiazole rings is 1. The van der Waals surface area contributed by atoms with Crippen LogP contribution in [0.1, 0.15) is 5.69 Å². The fraction of sp³-hybridized carbons (Fsp3) is 0.333. The maximum absolute atomic E-state index is 12.8. The van der Waals surface area contributed by atoms with E-state index in [9.17, 15) is 24.7 Å². The van der Waals surface area contributed by atoms with E-state index in [0.717, 1.165) is 16.2 Å². The van der Waals surface area contributed by atoms with Gasteiger partial charge < -0.3 is 21.4 Å². The van der Waals surface area contributed by atoms with Gasteiger partial charge >= 0.3 is 5.97 Å². The minimum Gasteiger partial charge on any atom is -0.477 e. The van der Waals surface area contributed by atoms with Gasteiger partial charge in [-0.05, 0) is 5.21 Å². The standard InChI is InChI=1S/C15H15N9O5S4/c1-23-20-15(19-22-23)33-4-32-6-3-30-12-8(11(26)24(12)9(6)13(27)28)18-10(25)7(21-29)5-2-31-14(16)17-5/h2,8,12,29H,3-4H2,1H3,(H2,16,17)(H,18,25)(H,27,28)/b21-7-/t8-,12-/m1/s1. The van der Waals surface area contributed by atoms with Crippen LogP contribution in [-0.4, -0.2) is 86.2 Å². The molecule has 4 rings (SSSR count). The van der Waals surface area contributed by atoms with Crippen molar-refractivity contribution in [2.24, 2.45) is 12.2 Å². The van der Waals surface area contributed by atoms with Gasteiger partial charge in [0.25, 0.3) is 11.8 Å². The van der Waals surface area contributed by atoms with E-state index in [1.54, 1.807) is 7.05 Å². The van der Waals surface area contributed by atoms with Gasteiger partial charge in [0.05, 0.1) is 12.1 Å². The van der Waals surface area contributed by atoms with Crippen molar-refractivity contribution in [3.05, 3.63) is 21.7 Å². The highest BCUT2D eigenvalue weighted by atomic mass is 32.2. The van der Waals surface area contributed by atoms with Gasteiger partial charge in [-0.15, -0.1) is 45.1 Å². The number of carboxylic acids is 1. The first kappa shape index (κ1) is 23.3. The summed E-state index contributed by atoms with van der Waals surface area (Å²) < 4.78 is 0. The number of hydrogen-bond acceptors (Lipinski definition) is 14. The Balaban J connectivity index is 1.43. The number of nitrogens with one attached hydrogen (secondary N) is 1. The molecule has 2 aliphatic heterocycles. The first-order chi connectivity index (χ1) is 15.8. The monoisotopic (exact) mass is 529 g/mol. The Morgan fingerprint density at radius 1 is 1.42 bits per heavy atom. The fourth-order valence-electron chi connectivity index (χ4n) is 3.00. The molecule has 4 heterocycles. The number of aromatic nitrogens is 5. The average molecular weight is 530 g/mol. The van der Waals surface area contributed by atoms with Crippen molar-refractivity contribution in [3.8, 4) is 0 Å². The number of rotatable bonds is 8. The lowest BCUT2D eigenvalue weighted by Crippen LogP contribution is -2.71. The van der Waals surface area contributed by atoms with Gasteiger partial charge in [0.2, 0.25) is 5.16 Å². The predicted molar refractivity (Wildman–Crippen MR) is 122 cm³/mol. The highest BCUT2D eigenvalue weighted by Gasteiger charge is 2.54. The molecule has 0 bridgehead atoms. The van der Waals surface area contributed by atoms with Crippen LogP contribution < -0.4 is 11.1 Å². The number of carbonyl (C=O) groups excluding carboxylic acids is 2. The molecular formula is C15H15N9O5S4. The van der Waals surface area contributed by atoms with E-state index in [1.807, 2.05) is 0 Å². The first-order valence-electron chi connectivity index (χ1n) is 8.95. The van der Waals surface area contributed by atoms with Crippen molar-refractivity contribution >= 4 is 75.2 Å². The molecule has 2 aliphatic rings. The molecule has 0 radical (unpaired) electrons. The van der Waals surface area contributed by atoms with Crippen molar-refractivity contribution in [1.29, 1.82) is 0 Å². The van der Waals surface area contributed by atoms with E-state index in [4.69, 9.17) is 5.73 Å². The number of nitrogen functional groups attached to an aromatic ring is 1. The summed E-state index contributed by atoms with van der Waals surface area (Å²) in [5.74, 6) is -2.30. The molecule has 0 saturated carbocycles. The molecule has 1 saturated heterocycles. The Bertz CT molecular complexity index is 1180. The van der Waals surface area contributed by atoms with Crippen LogP contribution in [0.5, 0.6) is 0 Å². The summed E-state index contributed by atoms with van der Waals surface area (Å²) in [7, 11) is 1.64. The van der Waals surface area contributed by atoms with Crippen LogP contribution in [0.2, 0.25) is 0 Å². The molecule has 1 fully saturated rings. The topological polar surface area (TPSA) is 202 Å². The molecule has 174 valence electrons. The Hall–Kier alpha value is -2.83. The van der Waals surface area contributed by atoms with Gasteiger partial charge in [0, 0.05) is 16.0 Å². The van der Waals surface area contributed by atoms with Crippen LogP contribution in [0.3, 0.4) is 0 Å². The molecule has 0 unspecified atom stereocenters. The summed E-state index contributed by atoms with van der Waals surface area (Å²) in [6, 6.07) is -0.977. The third-order valence-corrected chi connectivity index (χ3v) is 8.60. The number of anilines is 1. The van der Waals surface area contributed by atoms with Crippen LogP contribution in [0.4, 0.5) is 5.13 Å². The molecule has 2 atom stereocenters. The molecule has 18 heteroatoms. The number of nitrogens with two attached hydrogens (primary N) is 1. The van der Waals surface area contributed by atoms with E-state index >= 15 is 0 Å². The van der Waals surface area contributed by atoms with Crippen LogP contribution in [0.25, 0.3) is 0 Å². The number of tetrazole rings is 1. The summed E-state index contributed by atoms with van der Waals surface area (Å²) in [6.07, 6.45) is 0. The minimum atomic E-state index is -1.24. The van der Waals surface area contributed by atoms with Gasteiger partial charge in [-0.3, -0.25) is 14.5 Å². The predicted octanol–water partition coefficient (Wildman–Crippen LogP) is -0.394. The Kier molecular flexibility index (Phi) is 6.77. The molecule has 0 spiro atoms. The second-order valence-corrected chi connectivity index (χ2v) is 10.8. The summed E-state index contributed by atoms with van der Waals surface area (Å²) in [5, 5.41) is 38.0. The number of β-lactam (4-membered cyclic amide) rings is 1. The number of carbonyl (C=O) groups is 3. The van der Waals surface area contributed by atoms with E-state index in [1.165, 1.54) is 45.5 Å². The largest absolute Gasteiger partial charge is 0.477 e. The van der Waals surface area contributed by atoms with Crippen molar-refractivity contribution in [3.63, 3.8) is 0 Å². The second-order valence-electron chi connectivity index (χ2n) is 6.43. The van der Waals surface area contributed by atoms with Gasteiger partial charge in [-0.1, -0.05) is 16.9 Å². The van der Waals surface area contributed by atoms with Crippen LogP contribution >= 0.6 is 46.6 Å². The van der Waals surface area contributed by atoms with Gasteiger partial charge in [0.15, 0.2) is 10.8 Å². The number of aryl methyl sites for hydroxylation is 1. The summed E-state index contributed by atoms with van der Waals surface area (Å²) in [4.78, 5) is 44.1. The highest BCUT2D eigenvalue weighted by molar-refractivity contribution is 8.18. The molecule has 2 aromatic rings. The smallest absolute Gasteiger partial charge is 0.353 e. The van der Waals surface area contributed by atoms with E-state index in [0.29, 0.717) is 20.9 Å². The number of aliphatic carboxylic acids is 1. The summed E-state index contributed by atoms with van der Waals surface area (Å²) >= 11 is 4.95. The van der Waals surface area contributed by atoms with Crippen LogP contribution in [-0.2, 0) is 21.4 Å². The minimum absolute atomic E-state index is 0.0670. The number of oxime groups is 1. The molecule has 5 N–H and O–H groups in total. The Labute approximate surface area is 202 Å². The van der Waals surface area contributed by atoms with Crippen LogP contribution in [0, 0.1) is 0 Å². The number of thioether (sulfide) groups is 3. The summed E-state index contributed by atoms with van der Waals surface area (Å²) in [6.45, 7) is 0. The van der Waals surface area contributed by atoms with Crippen molar-refractivity contribution in [1.82, 2.24) is 35.4 Å². The third-order valence-electron chi connectivity index (χ3n) is 4.41. The lowest BCUT2D eigenvalue weighted by molar-refractivity contribution is -0.150. The molecule has 14 nitrogen and oxygen atoms in total. The molecule has 33 heavy (non-hydrogen) atoms. The van der Waals surface area contributed by atoms with Gasteiger partial charge in [-0.25, -0.2) is 9.78 Å². The zero-order valence-electron chi connectivity index (χ0n) is 16.6. The highest BCUT2D eigenvalue weighted by Crippen LogP contribution is 2.44. The lowest BCUT2D eigenvalue weighted by Gasteiger charge is -2.49. The summed E-state index contributed by atoms with van der Waals surface area (Å²) in [5.41, 5.74) is 5.10. The van der Waals surface area contributed by atoms with Gasteiger partial charge in [-0.2, -0.15) is 4.80 Å². The third kappa shape index (κ3) is 4.63. The Morgan fingerprint density at radius 3 is 2.82 bits per heavy atom. The van der Waals surface area contributed by atoms with E-state index in [2.05, 4.69) is 30.9 Å². The van der Waals surface area contributed by atoms with Crippen LogP contribution in [0.15, 0.2) is 26.3 Å². The normalized spacial score (nSPS) is 20.5. The van der Waals surface area contributed by atoms with E-state index in [-0.39, 0.29) is 16.5 Å². The maximum Gasteiger partial charge on any atom is 0.353 e. The quantitative estimate of drug-likeness (QED) is 0.0860. The molecule has 2 amide bonds. The van der Waals surface area contributed by atoms with Crippen molar-refractivity contribution in [2.75, 3.05) is 16.6 Å². The van der Waals surface area contributed by atoms with Gasteiger partial charge in [0.1, 0.15) is 22.8 Å². The maximum atomic E-state index is 12.8. The van der Waals surface area contributed by atoms with E-state index < -0.39 is 34.9 Å². The number of carboxylic acid groups (broad SMARTS) is 1. The van der Waals surface area contributed by atoms with Crippen molar-refractivity contribution < 1.29 is 24.7 Å². The molecule has 0 aromatic carbocycles. The Morgan fingerprint density at radius 2 is 2.21 bits per heavy atom. The molecular weight excluding hydrogens is 514 g/mol. The number of nitrogens with zero attached hydrogens (tertiary/aromatic N) is 7. The molecule has 0 aliphatic carbocycles. The van der Waals surface area contributed by atoms with Crippen molar-refractivity contribution in [2.45, 2.75) is 16.6 Å². The zero-order chi connectivity index (χ0) is 23.7. The SMILES string of the molecule is Cn1nnc(SCSC2=C(C(=O)O)N3C(=O)[C@@H](NC(=O)/C(=N\O)c4csc(N)n4)[C@H]3SC2)n1.